The van der Waals surface area contributed by atoms with Crippen LogP contribution in [0.2, 0.25) is 0 Å². The van der Waals surface area contributed by atoms with Gasteiger partial charge < -0.3 is 38.0 Å². The zero-order valence-electron chi connectivity index (χ0n) is 44.3. The molecule has 12 nitrogen and oxygen atoms in total. The normalized spacial score (nSPS) is 12.7. The first-order valence-corrected chi connectivity index (χ1v) is 28.3. The molecule has 2 atom stereocenters. The van der Waals surface area contributed by atoms with Crippen molar-refractivity contribution in [3.05, 3.63) is 0 Å². The van der Waals surface area contributed by atoms with Gasteiger partial charge in [0.2, 0.25) is 5.91 Å². The molecular weight excluding hydrogens is 886 g/mol. The van der Waals surface area contributed by atoms with Crippen LogP contribution in [-0.4, -0.2) is 103 Å². The van der Waals surface area contributed by atoms with Crippen molar-refractivity contribution < 1.29 is 47.0 Å². The molecule has 2 amide bonds. The number of alkyl halides is 3. The fourth-order valence-electron chi connectivity index (χ4n) is 9.33. The highest BCUT2D eigenvalue weighted by atomic mass is 19.4. The van der Waals surface area contributed by atoms with Crippen LogP contribution in [0.4, 0.5) is 13.2 Å². The lowest BCUT2D eigenvalue weighted by Gasteiger charge is -2.43. The Morgan fingerprint density at radius 1 is 0.493 bits per heavy atom. The lowest BCUT2D eigenvalue weighted by Crippen LogP contribution is -2.67. The fourth-order valence-corrected chi connectivity index (χ4v) is 9.33. The molecule has 15 heteroatoms. The monoisotopic (exact) mass is 994 g/mol. The highest BCUT2D eigenvalue weighted by molar-refractivity contribution is 5.81. The number of unbranched alkanes of at least 4 members (excludes halogenated alkanes) is 30. The Labute approximate surface area is 419 Å². The van der Waals surface area contributed by atoms with Gasteiger partial charge in [0.15, 0.2) is 6.04 Å². The predicted octanol–water partition coefficient (Wildman–Crippen LogP) is 12.2. The van der Waals surface area contributed by atoms with Crippen molar-refractivity contribution in [3.8, 4) is 0 Å². The maximum atomic E-state index is 15.2. The summed E-state index contributed by atoms with van der Waals surface area (Å²) in [6, 6.07) is -1.50. The van der Waals surface area contributed by atoms with Crippen molar-refractivity contribution in [1.29, 1.82) is 0 Å². The number of carbonyl (C=O) groups is 4. The standard InChI is InChI=1S/C52H106N6O4.C2HF3O2/c1-3-5-7-9-11-13-15-17-19-21-23-25-27-29-31-33-46-58(49(52(61)62)39-40-50(55)59,51(60)48(57-45-37-42-54)38-35-43-56-44-36-41-53)47-34-32-30-28-26-24-22-20-18-16-14-12-10-8-6-4-2;3-2(4,5)1(6)7/h48-49,56-57H,3-47,53-54H2,1-2H3,(H2-,55,59,61,62);(H,6,7)/p+1/t48-,49-;/m0./s1. The number of carboxylic acids is 2. The number of hydrogen-bond donors (Lipinski definition) is 7. The SMILES string of the molecule is CCCCCCCCCCCCCCCCCC[N+](CCCCCCCCCCCCCCCCCC)(C(=O)[C@H](CCCNCCCN)NCCCN)[C@@H](CCC(N)=O)C(=O)O.O=C(O)C(F)(F)F. The van der Waals surface area contributed by atoms with Gasteiger partial charge in [0, 0.05) is 12.8 Å². The third-order valence-electron chi connectivity index (χ3n) is 13.5. The molecule has 69 heavy (non-hydrogen) atoms. The molecule has 0 aromatic carbocycles. The molecule has 0 unspecified atom stereocenters. The third kappa shape index (κ3) is 41.9. The van der Waals surface area contributed by atoms with Gasteiger partial charge in [0.05, 0.1) is 13.1 Å². The number of amides is 2. The maximum Gasteiger partial charge on any atom is 0.490 e. The van der Waals surface area contributed by atoms with E-state index in [0.29, 0.717) is 39.1 Å². The number of nitrogens with two attached hydrogens (primary N) is 3. The number of hydrogen-bond acceptors (Lipinski definition) is 8. The van der Waals surface area contributed by atoms with E-state index < -0.39 is 36.1 Å². The van der Waals surface area contributed by atoms with E-state index in [2.05, 4.69) is 24.5 Å². The van der Waals surface area contributed by atoms with Crippen molar-refractivity contribution in [1.82, 2.24) is 10.6 Å². The summed E-state index contributed by atoms with van der Waals surface area (Å²) in [7, 11) is 0. The molecule has 0 rings (SSSR count). The van der Waals surface area contributed by atoms with Crippen LogP contribution in [0.3, 0.4) is 0 Å². The minimum atomic E-state index is -5.08. The molecule has 0 aliphatic heterocycles. The van der Waals surface area contributed by atoms with E-state index >= 15 is 4.79 Å². The van der Waals surface area contributed by atoms with E-state index in [0.717, 1.165) is 70.9 Å². The van der Waals surface area contributed by atoms with Crippen LogP contribution in [0.5, 0.6) is 0 Å². The molecular formula is C54H108F3N6O6+. The highest BCUT2D eigenvalue weighted by Gasteiger charge is 2.49. The summed E-state index contributed by atoms with van der Waals surface area (Å²) in [6.07, 6.45) is 38.3. The van der Waals surface area contributed by atoms with Crippen LogP contribution < -0.4 is 27.8 Å². The topological polar surface area (TPSA) is 211 Å². The van der Waals surface area contributed by atoms with E-state index in [1.165, 1.54) is 167 Å². The van der Waals surface area contributed by atoms with Gasteiger partial charge in [-0.2, -0.15) is 13.2 Å². The Kier molecular flexibility index (Phi) is 49.1. The number of carbonyl (C=O) groups excluding carboxylic acids is 2. The van der Waals surface area contributed by atoms with Crippen molar-refractivity contribution in [2.75, 3.05) is 45.8 Å². The van der Waals surface area contributed by atoms with Gasteiger partial charge in [0.1, 0.15) is 6.04 Å². The second-order valence-corrected chi connectivity index (χ2v) is 19.8. The zero-order valence-corrected chi connectivity index (χ0v) is 44.3. The lowest BCUT2D eigenvalue weighted by atomic mass is 9.97. The van der Waals surface area contributed by atoms with Gasteiger partial charge in [-0.15, -0.1) is 0 Å². The smallest absolute Gasteiger partial charge is 0.477 e. The third-order valence-corrected chi connectivity index (χ3v) is 13.5. The molecule has 0 fully saturated rings. The summed E-state index contributed by atoms with van der Waals surface area (Å²) in [5.41, 5.74) is 17.2. The van der Waals surface area contributed by atoms with E-state index in [9.17, 15) is 27.9 Å². The van der Waals surface area contributed by atoms with Gasteiger partial charge >= 0.3 is 24.0 Å². The Morgan fingerprint density at radius 3 is 1.12 bits per heavy atom. The number of primary amides is 1. The number of carboxylic acid groups (broad SMARTS) is 2. The van der Waals surface area contributed by atoms with E-state index in [-0.39, 0.29) is 23.2 Å². The predicted molar refractivity (Wildman–Crippen MR) is 279 cm³/mol. The van der Waals surface area contributed by atoms with E-state index in [4.69, 9.17) is 27.1 Å². The van der Waals surface area contributed by atoms with Crippen molar-refractivity contribution in [3.63, 3.8) is 0 Å². The molecule has 0 aliphatic carbocycles. The number of halogens is 3. The molecule has 10 N–H and O–H groups in total. The molecule has 0 aliphatic rings. The van der Waals surface area contributed by atoms with Gasteiger partial charge in [-0.25, -0.2) is 18.9 Å². The van der Waals surface area contributed by atoms with Gasteiger partial charge in [-0.1, -0.05) is 194 Å². The maximum absolute atomic E-state index is 15.2. The van der Waals surface area contributed by atoms with Gasteiger partial charge in [-0.05, 0) is 84.1 Å². The van der Waals surface area contributed by atoms with E-state index in [1.54, 1.807) is 0 Å². The Hall–Kier alpha value is -2.33. The Balaban J connectivity index is 0. The largest absolute Gasteiger partial charge is 0.490 e. The molecule has 0 aromatic heterocycles. The second-order valence-electron chi connectivity index (χ2n) is 19.8. The van der Waals surface area contributed by atoms with Crippen LogP contribution in [0, 0.1) is 0 Å². The lowest BCUT2D eigenvalue weighted by molar-refractivity contribution is -0.873. The summed E-state index contributed by atoms with van der Waals surface area (Å²) in [6.45, 7) is 8.87. The number of quaternary nitrogens is 1. The minimum Gasteiger partial charge on any atom is -0.477 e. The second kappa shape index (κ2) is 49.3. The quantitative estimate of drug-likeness (QED) is 0.0226. The van der Waals surface area contributed by atoms with Crippen molar-refractivity contribution in [2.24, 2.45) is 17.2 Å². The summed E-state index contributed by atoms with van der Waals surface area (Å²) >= 11 is 0. The summed E-state index contributed by atoms with van der Waals surface area (Å²) < 4.78 is 31.6. The van der Waals surface area contributed by atoms with Gasteiger partial charge in [-0.3, -0.25) is 4.79 Å². The molecule has 0 aromatic rings. The molecule has 0 spiro atoms. The summed E-state index contributed by atoms with van der Waals surface area (Å²) in [4.78, 5) is 49.4. The van der Waals surface area contributed by atoms with Crippen LogP contribution in [0.1, 0.15) is 258 Å². The highest BCUT2D eigenvalue weighted by Crippen LogP contribution is 2.27. The zero-order chi connectivity index (χ0) is 51.7. The molecule has 0 bridgehead atoms. The number of rotatable bonds is 51. The molecule has 0 heterocycles. The Bertz CT molecular complexity index is 1160. The number of nitrogens with zero attached hydrogens (tertiary/aromatic N) is 1. The van der Waals surface area contributed by atoms with Crippen molar-refractivity contribution >= 4 is 23.8 Å². The van der Waals surface area contributed by atoms with E-state index in [1.807, 2.05) is 0 Å². The van der Waals surface area contributed by atoms with Crippen LogP contribution in [-0.2, 0) is 19.2 Å². The van der Waals surface area contributed by atoms with Crippen LogP contribution >= 0.6 is 0 Å². The average molecular weight is 994 g/mol. The minimum absolute atomic E-state index is 0.0391. The molecule has 0 saturated carbocycles. The number of nitrogens with one attached hydrogen (secondary N) is 2. The first-order chi connectivity index (χ1) is 33.2. The summed E-state index contributed by atoms with van der Waals surface area (Å²) in [5.74, 6) is -4.32. The first-order valence-electron chi connectivity index (χ1n) is 28.3. The molecule has 410 valence electrons. The van der Waals surface area contributed by atoms with Crippen LogP contribution in [0.25, 0.3) is 0 Å². The number of aliphatic carboxylic acids is 2. The van der Waals surface area contributed by atoms with Crippen LogP contribution in [0.15, 0.2) is 0 Å². The Morgan fingerprint density at radius 2 is 0.812 bits per heavy atom. The fraction of sp³-hybridized carbons (Fsp3) is 0.926. The average Bonchev–Trinajstić information content (AvgIpc) is 3.31. The molecule has 0 radical (unpaired) electrons. The first kappa shape index (κ1) is 68.7. The molecule has 0 saturated heterocycles. The van der Waals surface area contributed by atoms with Crippen molar-refractivity contribution in [2.45, 2.75) is 276 Å². The van der Waals surface area contributed by atoms with Gasteiger partial charge in [0.25, 0.3) is 0 Å². The summed E-state index contributed by atoms with van der Waals surface area (Å²) in [5, 5.41) is 24.9.